The van der Waals surface area contributed by atoms with E-state index >= 15 is 0 Å². The first-order valence-corrected chi connectivity index (χ1v) is 17.3. The highest BCUT2D eigenvalue weighted by atomic mass is 15.0. The van der Waals surface area contributed by atoms with Crippen LogP contribution in [-0.2, 0) is 0 Å². The minimum atomic E-state index is 0.948. The van der Waals surface area contributed by atoms with E-state index < -0.39 is 0 Å². The molecule has 0 amide bonds. The fraction of sp³-hybridized carbons (Fsp3) is 0. The maximum absolute atomic E-state index is 5.37. The maximum atomic E-state index is 5.37. The lowest BCUT2D eigenvalue weighted by Gasteiger charge is -2.14. The molecule has 238 valence electrons. The summed E-state index contributed by atoms with van der Waals surface area (Å²) >= 11 is 0. The fourth-order valence-electron chi connectivity index (χ4n) is 7.63. The Kier molecular flexibility index (Phi) is 6.81. The number of nitrogens with zero attached hydrogens (tertiary/aromatic N) is 3. The van der Waals surface area contributed by atoms with Crippen LogP contribution in [0.25, 0.3) is 94.1 Å². The van der Waals surface area contributed by atoms with Gasteiger partial charge in [-0.15, -0.1) is 0 Å². The van der Waals surface area contributed by atoms with Gasteiger partial charge in [0, 0.05) is 49.3 Å². The van der Waals surface area contributed by atoms with Gasteiger partial charge < -0.3 is 4.57 Å². The second-order valence-corrected chi connectivity index (χ2v) is 13.0. The Morgan fingerprint density at radius 3 is 1.65 bits per heavy atom. The summed E-state index contributed by atoms with van der Waals surface area (Å²) in [6, 6.07) is 66.6. The molecule has 3 heterocycles. The van der Waals surface area contributed by atoms with Crippen LogP contribution in [0.5, 0.6) is 0 Å². The predicted octanol–water partition coefficient (Wildman–Crippen LogP) is 12.5. The molecule has 3 aromatic heterocycles. The van der Waals surface area contributed by atoms with Crippen LogP contribution in [-0.4, -0.2) is 14.5 Å². The van der Waals surface area contributed by atoms with Gasteiger partial charge in [-0.25, -0.2) is 9.97 Å². The van der Waals surface area contributed by atoms with E-state index in [-0.39, 0.29) is 0 Å². The number of pyridine rings is 2. The first-order chi connectivity index (χ1) is 25.3. The third kappa shape index (κ3) is 4.90. The Morgan fingerprint density at radius 2 is 0.922 bits per heavy atom. The van der Waals surface area contributed by atoms with Gasteiger partial charge in [0.1, 0.15) is 0 Å². The van der Waals surface area contributed by atoms with Crippen molar-refractivity contribution in [3.8, 4) is 50.6 Å². The number of aromatic nitrogens is 3. The predicted molar refractivity (Wildman–Crippen MR) is 213 cm³/mol. The number of fused-ring (bicyclic) bond motifs is 7. The van der Waals surface area contributed by atoms with Crippen LogP contribution in [0, 0.1) is 0 Å². The van der Waals surface area contributed by atoms with Crippen LogP contribution in [0.4, 0.5) is 0 Å². The van der Waals surface area contributed by atoms with Crippen molar-refractivity contribution in [2.75, 3.05) is 0 Å². The highest BCUT2D eigenvalue weighted by Crippen LogP contribution is 2.43. The average Bonchev–Trinajstić information content (AvgIpc) is 3.56. The second-order valence-electron chi connectivity index (χ2n) is 13.0. The van der Waals surface area contributed by atoms with Crippen molar-refractivity contribution >= 4 is 43.5 Å². The monoisotopic (exact) mass is 649 g/mol. The van der Waals surface area contributed by atoms with Gasteiger partial charge in [-0.3, -0.25) is 0 Å². The van der Waals surface area contributed by atoms with Gasteiger partial charge in [-0.2, -0.15) is 0 Å². The van der Waals surface area contributed by atoms with E-state index in [4.69, 9.17) is 9.97 Å². The van der Waals surface area contributed by atoms with Gasteiger partial charge in [-0.1, -0.05) is 140 Å². The molecule has 0 spiro atoms. The number of rotatable bonds is 5. The second kappa shape index (κ2) is 11.9. The molecule has 0 unspecified atom stereocenters. The van der Waals surface area contributed by atoms with Gasteiger partial charge in [0.15, 0.2) is 0 Å². The molecule has 0 aliphatic rings. The Balaban J connectivity index is 1.22. The maximum Gasteiger partial charge on any atom is 0.0788 e. The lowest BCUT2D eigenvalue weighted by Crippen LogP contribution is -1.94. The van der Waals surface area contributed by atoms with Gasteiger partial charge in [0.25, 0.3) is 0 Å². The van der Waals surface area contributed by atoms with Gasteiger partial charge in [0.05, 0.1) is 33.6 Å². The number of hydrogen-bond donors (Lipinski definition) is 0. The third-order valence-corrected chi connectivity index (χ3v) is 9.95. The molecule has 0 saturated carbocycles. The van der Waals surface area contributed by atoms with Crippen molar-refractivity contribution in [2.24, 2.45) is 0 Å². The Hall–Kier alpha value is -6.84. The van der Waals surface area contributed by atoms with Crippen molar-refractivity contribution in [1.29, 1.82) is 0 Å². The first-order valence-electron chi connectivity index (χ1n) is 17.3. The minimum Gasteiger partial charge on any atom is -0.309 e. The largest absolute Gasteiger partial charge is 0.309 e. The van der Waals surface area contributed by atoms with Crippen molar-refractivity contribution in [2.45, 2.75) is 0 Å². The summed E-state index contributed by atoms with van der Waals surface area (Å²) in [4.78, 5) is 10.5. The van der Waals surface area contributed by atoms with E-state index in [1.165, 1.54) is 27.2 Å². The quantitative estimate of drug-likeness (QED) is 0.174. The third-order valence-electron chi connectivity index (χ3n) is 9.95. The van der Waals surface area contributed by atoms with E-state index in [1.54, 1.807) is 0 Å². The van der Waals surface area contributed by atoms with E-state index in [0.717, 1.165) is 66.9 Å². The molecule has 10 rings (SSSR count). The molecule has 0 radical (unpaired) electrons. The molecule has 3 nitrogen and oxygen atoms in total. The summed E-state index contributed by atoms with van der Waals surface area (Å²) in [7, 11) is 0. The van der Waals surface area contributed by atoms with Gasteiger partial charge in [-0.05, 0) is 59.7 Å². The topological polar surface area (TPSA) is 30.7 Å². The lowest BCUT2D eigenvalue weighted by atomic mass is 9.94. The molecule has 10 aromatic rings. The SMILES string of the molecule is c1ccc(-c2cc(-c3cccc(-c4nc5ccccc5c5c4ccc4c5c5ccccc5n4-c4ccccc4)c3)cc(-c3ccccc3)n2)cc1. The molecule has 0 saturated heterocycles. The Bertz CT molecular complexity index is 2830. The standard InChI is InChI=1S/C48H31N3/c1-4-15-32(16-5-1)42-30-36(31-43(49-42)33-17-6-2-7-18-33)34-19-14-20-35(29-34)48-40-27-28-45-47(46(40)38-23-10-12-25-41(38)50-48)39-24-11-13-26-44(39)51(45)37-21-8-3-9-22-37/h1-31H. The summed E-state index contributed by atoms with van der Waals surface area (Å²) in [5.74, 6) is 0. The van der Waals surface area contributed by atoms with Gasteiger partial charge >= 0.3 is 0 Å². The average molecular weight is 650 g/mol. The fourth-order valence-corrected chi connectivity index (χ4v) is 7.63. The molecule has 0 aliphatic heterocycles. The van der Waals surface area contributed by atoms with Crippen molar-refractivity contribution in [3.05, 3.63) is 188 Å². The van der Waals surface area contributed by atoms with E-state index in [2.05, 4.69) is 180 Å². The molecule has 0 N–H and O–H groups in total. The zero-order chi connectivity index (χ0) is 33.7. The van der Waals surface area contributed by atoms with Crippen LogP contribution >= 0.6 is 0 Å². The summed E-state index contributed by atoms with van der Waals surface area (Å²) in [6.45, 7) is 0. The zero-order valence-corrected chi connectivity index (χ0v) is 27.7. The van der Waals surface area contributed by atoms with E-state index in [1.807, 2.05) is 12.1 Å². The summed E-state index contributed by atoms with van der Waals surface area (Å²) in [6.07, 6.45) is 0. The highest BCUT2D eigenvalue weighted by Gasteiger charge is 2.19. The lowest BCUT2D eigenvalue weighted by molar-refractivity contribution is 1.18. The molecule has 51 heavy (non-hydrogen) atoms. The smallest absolute Gasteiger partial charge is 0.0788 e. The molecule has 0 bridgehead atoms. The van der Waals surface area contributed by atoms with Crippen LogP contribution < -0.4 is 0 Å². The molecule has 3 heteroatoms. The normalized spacial score (nSPS) is 11.5. The zero-order valence-electron chi connectivity index (χ0n) is 27.7. The molecule has 7 aromatic carbocycles. The molecule has 0 atom stereocenters. The van der Waals surface area contributed by atoms with Crippen molar-refractivity contribution in [3.63, 3.8) is 0 Å². The summed E-state index contributed by atoms with van der Waals surface area (Å²) < 4.78 is 2.39. The first kappa shape index (κ1) is 29.1. The highest BCUT2D eigenvalue weighted by molar-refractivity contribution is 6.29. The van der Waals surface area contributed by atoms with Crippen LogP contribution in [0.2, 0.25) is 0 Å². The molecule has 0 aliphatic carbocycles. The van der Waals surface area contributed by atoms with Crippen LogP contribution in [0.1, 0.15) is 0 Å². The van der Waals surface area contributed by atoms with Crippen molar-refractivity contribution < 1.29 is 0 Å². The van der Waals surface area contributed by atoms with E-state index in [0.29, 0.717) is 0 Å². The number of hydrogen-bond acceptors (Lipinski definition) is 2. The molecule has 0 fully saturated rings. The summed E-state index contributed by atoms with van der Waals surface area (Å²) in [5, 5.41) is 6.00. The number of benzene rings is 7. The Labute approximate surface area is 295 Å². The van der Waals surface area contributed by atoms with Crippen molar-refractivity contribution in [1.82, 2.24) is 14.5 Å². The van der Waals surface area contributed by atoms with E-state index in [9.17, 15) is 0 Å². The summed E-state index contributed by atoms with van der Waals surface area (Å²) in [5.41, 5.74) is 12.9. The van der Waals surface area contributed by atoms with Crippen LogP contribution in [0.15, 0.2) is 188 Å². The molecular weight excluding hydrogens is 619 g/mol. The molecular formula is C48H31N3. The van der Waals surface area contributed by atoms with Gasteiger partial charge in [0.2, 0.25) is 0 Å². The van der Waals surface area contributed by atoms with Crippen LogP contribution in [0.3, 0.4) is 0 Å². The number of para-hydroxylation sites is 3. The minimum absolute atomic E-state index is 0.948. The Morgan fingerprint density at radius 1 is 0.333 bits per heavy atom.